The third-order valence-electron chi connectivity index (χ3n) is 1.69. The van der Waals surface area contributed by atoms with Gasteiger partial charge in [0, 0.05) is 21.9 Å². The van der Waals surface area contributed by atoms with Gasteiger partial charge in [-0.25, -0.2) is 0 Å². The summed E-state index contributed by atoms with van der Waals surface area (Å²) in [6.07, 6.45) is 6.38. The Morgan fingerprint density at radius 3 is 2.47 bits per heavy atom. The van der Waals surface area contributed by atoms with E-state index in [0.717, 1.165) is 11.0 Å². The van der Waals surface area contributed by atoms with E-state index in [-0.39, 0.29) is 10.9 Å². The summed E-state index contributed by atoms with van der Waals surface area (Å²) >= 11 is 8.29. The van der Waals surface area contributed by atoms with Crippen molar-refractivity contribution in [3.63, 3.8) is 0 Å². The molecule has 0 aromatic heterocycles. The van der Waals surface area contributed by atoms with Gasteiger partial charge in [0.25, 0.3) is 0 Å². The average molecular weight is 342 g/mol. The Balaban J connectivity index is 4.33. The summed E-state index contributed by atoms with van der Waals surface area (Å²) in [5.41, 5.74) is 1.40. The van der Waals surface area contributed by atoms with Gasteiger partial charge < -0.3 is 5.32 Å². The molecule has 0 saturated heterocycles. The van der Waals surface area contributed by atoms with E-state index in [1.807, 2.05) is 6.92 Å². The second-order valence-corrected chi connectivity index (χ2v) is 6.15. The van der Waals surface area contributed by atoms with E-state index in [0.29, 0.717) is 0 Å². The minimum absolute atomic E-state index is 0.0839. The van der Waals surface area contributed by atoms with Crippen molar-refractivity contribution < 1.29 is 0 Å². The van der Waals surface area contributed by atoms with Crippen LogP contribution in [-0.2, 0) is 0 Å². The first kappa shape index (κ1) is 15.5. The number of halogens is 2. The smallest absolute Gasteiger partial charge is 0.0493 e. The van der Waals surface area contributed by atoms with Gasteiger partial charge in [0.1, 0.15) is 0 Å². The van der Waals surface area contributed by atoms with E-state index in [4.69, 9.17) is 11.6 Å². The Labute approximate surface area is 112 Å². The third-order valence-corrected chi connectivity index (χ3v) is 2.32. The highest BCUT2D eigenvalue weighted by Crippen LogP contribution is 2.06. The molecule has 1 unspecified atom stereocenters. The lowest BCUT2D eigenvalue weighted by Crippen LogP contribution is -2.36. The molecule has 0 rings (SSSR count). The standard InChI is InChI=1S/C12H21ClIN/c1-10(13)8-11(6-5-7-14)9-15-12(2,3)4/h5-6,8,10,15H,7,9H2,1-4H3/b6-5-,11-8+. The van der Waals surface area contributed by atoms with E-state index in [1.54, 1.807) is 0 Å². The molecule has 0 aliphatic carbocycles. The lowest BCUT2D eigenvalue weighted by Gasteiger charge is -2.21. The third kappa shape index (κ3) is 10.7. The van der Waals surface area contributed by atoms with Crippen molar-refractivity contribution >= 4 is 34.2 Å². The Hall–Kier alpha value is 0.460. The van der Waals surface area contributed by atoms with Crippen molar-refractivity contribution in [2.45, 2.75) is 38.6 Å². The van der Waals surface area contributed by atoms with Crippen LogP contribution in [0.5, 0.6) is 0 Å². The van der Waals surface area contributed by atoms with E-state index >= 15 is 0 Å². The average Bonchev–Trinajstić information content (AvgIpc) is 2.07. The zero-order valence-corrected chi connectivity index (χ0v) is 12.9. The molecule has 88 valence electrons. The van der Waals surface area contributed by atoms with Crippen LogP contribution in [0, 0.1) is 0 Å². The van der Waals surface area contributed by atoms with E-state index < -0.39 is 0 Å². The Kier molecular flexibility index (Phi) is 7.92. The highest BCUT2D eigenvalue weighted by molar-refractivity contribution is 14.1. The van der Waals surface area contributed by atoms with Gasteiger partial charge in [-0.1, -0.05) is 40.8 Å². The largest absolute Gasteiger partial charge is 0.308 e. The van der Waals surface area contributed by atoms with E-state index in [2.05, 4.69) is 66.9 Å². The van der Waals surface area contributed by atoms with Gasteiger partial charge in [0.05, 0.1) is 0 Å². The van der Waals surface area contributed by atoms with Crippen molar-refractivity contribution in [3.8, 4) is 0 Å². The molecule has 1 atom stereocenters. The molecule has 0 radical (unpaired) electrons. The predicted molar refractivity (Wildman–Crippen MR) is 79.2 cm³/mol. The van der Waals surface area contributed by atoms with Crippen molar-refractivity contribution in [3.05, 3.63) is 23.8 Å². The van der Waals surface area contributed by atoms with Gasteiger partial charge in [-0.05, 0) is 33.3 Å². The maximum atomic E-state index is 5.96. The molecule has 0 spiro atoms. The highest BCUT2D eigenvalue weighted by atomic mass is 127. The first-order chi connectivity index (χ1) is 6.85. The molecular weight excluding hydrogens is 320 g/mol. The van der Waals surface area contributed by atoms with Crippen molar-refractivity contribution in [2.24, 2.45) is 0 Å². The summed E-state index contributed by atoms with van der Waals surface area (Å²) < 4.78 is 1.03. The van der Waals surface area contributed by atoms with Crippen LogP contribution in [0.3, 0.4) is 0 Å². The van der Waals surface area contributed by atoms with Crippen LogP contribution in [0.15, 0.2) is 23.8 Å². The predicted octanol–water partition coefficient (Wildman–Crippen LogP) is 3.92. The van der Waals surface area contributed by atoms with E-state index in [9.17, 15) is 0 Å². The molecular formula is C12H21ClIN. The summed E-state index contributed by atoms with van der Waals surface area (Å²) in [6, 6.07) is 0. The Bertz CT molecular complexity index is 226. The Morgan fingerprint density at radius 2 is 2.07 bits per heavy atom. The molecule has 0 bridgehead atoms. The summed E-state index contributed by atoms with van der Waals surface area (Å²) in [6.45, 7) is 9.34. The first-order valence-electron chi connectivity index (χ1n) is 5.17. The SMILES string of the molecule is CC(Cl)/C=C(\C=C/CI)CNC(C)(C)C. The van der Waals surface area contributed by atoms with Gasteiger partial charge in [0.15, 0.2) is 0 Å². The van der Waals surface area contributed by atoms with Gasteiger partial charge >= 0.3 is 0 Å². The van der Waals surface area contributed by atoms with Crippen LogP contribution < -0.4 is 5.32 Å². The summed E-state index contributed by atoms with van der Waals surface area (Å²) in [5, 5.41) is 3.54. The van der Waals surface area contributed by atoms with Crippen molar-refractivity contribution in [2.75, 3.05) is 11.0 Å². The molecule has 1 N–H and O–H groups in total. The van der Waals surface area contributed by atoms with Crippen LogP contribution in [0.1, 0.15) is 27.7 Å². The van der Waals surface area contributed by atoms with Crippen molar-refractivity contribution in [1.29, 1.82) is 0 Å². The van der Waals surface area contributed by atoms with Gasteiger partial charge in [-0.2, -0.15) is 0 Å². The summed E-state index contributed by atoms with van der Waals surface area (Å²) in [5.74, 6) is 0. The minimum Gasteiger partial charge on any atom is -0.308 e. The molecule has 0 aromatic rings. The lowest BCUT2D eigenvalue weighted by atomic mass is 10.1. The van der Waals surface area contributed by atoms with Gasteiger partial charge in [0.2, 0.25) is 0 Å². The maximum Gasteiger partial charge on any atom is 0.0493 e. The minimum atomic E-state index is 0.0839. The number of hydrogen-bond acceptors (Lipinski definition) is 1. The lowest BCUT2D eigenvalue weighted by molar-refractivity contribution is 0.446. The van der Waals surface area contributed by atoms with Crippen molar-refractivity contribution in [1.82, 2.24) is 5.32 Å². The zero-order chi connectivity index (χ0) is 11.9. The number of alkyl halides is 2. The first-order valence-corrected chi connectivity index (χ1v) is 7.13. The molecule has 1 nitrogen and oxygen atoms in total. The van der Waals surface area contributed by atoms with Crippen LogP contribution in [0.2, 0.25) is 0 Å². The number of nitrogens with one attached hydrogen (secondary N) is 1. The van der Waals surface area contributed by atoms with Crippen LogP contribution in [0.4, 0.5) is 0 Å². The van der Waals surface area contributed by atoms with Crippen LogP contribution in [0.25, 0.3) is 0 Å². The second kappa shape index (κ2) is 7.69. The monoisotopic (exact) mass is 341 g/mol. The molecule has 0 amide bonds. The molecule has 0 aromatic carbocycles. The quantitative estimate of drug-likeness (QED) is 0.454. The molecule has 0 aliphatic heterocycles. The molecule has 3 heteroatoms. The summed E-state index contributed by atoms with van der Waals surface area (Å²) in [7, 11) is 0. The fourth-order valence-corrected chi connectivity index (χ4v) is 1.45. The molecule has 0 saturated carbocycles. The van der Waals surface area contributed by atoms with Gasteiger partial charge in [-0.15, -0.1) is 11.6 Å². The Morgan fingerprint density at radius 1 is 1.47 bits per heavy atom. The number of allylic oxidation sites excluding steroid dienone is 2. The van der Waals surface area contributed by atoms with E-state index in [1.165, 1.54) is 5.57 Å². The molecule has 15 heavy (non-hydrogen) atoms. The summed E-state index contributed by atoms with van der Waals surface area (Å²) in [4.78, 5) is 0. The topological polar surface area (TPSA) is 12.0 Å². The molecule has 0 heterocycles. The molecule has 0 aliphatic rings. The van der Waals surface area contributed by atoms with Crippen LogP contribution >= 0.6 is 34.2 Å². The fraction of sp³-hybridized carbons (Fsp3) is 0.667. The van der Waals surface area contributed by atoms with Crippen LogP contribution in [-0.4, -0.2) is 21.9 Å². The zero-order valence-electron chi connectivity index (χ0n) is 9.98. The molecule has 0 fully saturated rings. The number of rotatable bonds is 5. The fourth-order valence-electron chi connectivity index (χ4n) is 1.03. The van der Waals surface area contributed by atoms with Gasteiger partial charge in [-0.3, -0.25) is 0 Å². The maximum absolute atomic E-state index is 5.96. The number of hydrogen-bond donors (Lipinski definition) is 1. The highest BCUT2D eigenvalue weighted by Gasteiger charge is 2.08. The normalized spacial score (nSPS) is 16.0. The second-order valence-electron chi connectivity index (χ2n) is 4.58.